The van der Waals surface area contributed by atoms with Gasteiger partial charge in [0.25, 0.3) is 0 Å². The Morgan fingerprint density at radius 3 is 2.53 bits per heavy atom. The smallest absolute Gasteiger partial charge is 0.310 e. The van der Waals surface area contributed by atoms with E-state index in [1.165, 1.54) is 0 Å². The van der Waals surface area contributed by atoms with Crippen LogP contribution in [0.1, 0.15) is 43.6 Å². The molecule has 7 nitrogen and oxygen atoms in total. The van der Waals surface area contributed by atoms with E-state index in [-0.39, 0.29) is 25.0 Å². The summed E-state index contributed by atoms with van der Waals surface area (Å²) in [5.41, 5.74) is 12.0. The fraction of sp³-hybridized carbons (Fsp3) is 0.258. The number of esters is 1. The standard InChI is InChI=1S/C31H32N4O3/c1-5-37-30(36)17-24-7-6-20(4)14-29(24)38-18-27-26-16-23(10-11-28(26)35(34-27)19(2)3)22-9-8-21-12-13-33-31(32)25(21)15-22/h6-16,19H,5,17-18H2,1-4H3,(H2,32,33). The van der Waals surface area contributed by atoms with Gasteiger partial charge in [0.2, 0.25) is 0 Å². The van der Waals surface area contributed by atoms with Crippen LogP contribution in [0.15, 0.2) is 66.9 Å². The number of anilines is 1. The summed E-state index contributed by atoms with van der Waals surface area (Å²) in [6.45, 7) is 8.65. The molecule has 2 heterocycles. The maximum atomic E-state index is 12.1. The molecule has 0 amide bonds. The quantitative estimate of drug-likeness (QED) is 0.244. The molecular formula is C31H32N4O3. The maximum Gasteiger partial charge on any atom is 0.310 e. The number of hydrogen-bond acceptors (Lipinski definition) is 6. The molecule has 0 unspecified atom stereocenters. The van der Waals surface area contributed by atoms with Gasteiger partial charge in [0.1, 0.15) is 23.9 Å². The third-order valence-corrected chi connectivity index (χ3v) is 6.63. The van der Waals surface area contributed by atoms with Crippen LogP contribution < -0.4 is 10.5 Å². The minimum absolute atomic E-state index is 0.161. The highest BCUT2D eigenvalue weighted by Crippen LogP contribution is 2.32. The van der Waals surface area contributed by atoms with Crippen molar-refractivity contribution in [2.75, 3.05) is 12.3 Å². The number of pyridine rings is 1. The zero-order valence-electron chi connectivity index (χ0n) is 22.2. The van der Waals surface area contributed by atoms with Gasteiger partial charge in [-0.15, -0.1) is 0 Å². The largest absolute Gasteiger partial charge is 0.487 e. The van der Waals surface area contributed by atoms with Gasteiger partial charge in [-0.3, -0.25) is 9.48 Å². The molecule has 0 aliphatic rings. The first kappa shape index (κ1) is 25.3. The van der Waals surface area contributed by atoms with Crippen molar-refractivity contribution in [3.8, 4) is 16.9 Å². The minimum Gasteiger partial charge on any atom is -0.487 e. The Labute approximate surface area is 222 Å². The fourth-order valence-electron chi connectivity index (χ4n) is 4.71. The van der Waals surface area contributed by atoms with Crippen LogP contribution in [0.5, 0.6) is 5.75 Å². The molecule has 5 rings (SSSR count). The molecule has 0 saturated carbocycles. The lowest BCUT2D eigenvalue weighted by Gasteiger charge is -2.12. The molecule has 0 bridgehead atoms. The molecule has 0 aliphatic carbocycles. The molecule has 0 fully saturated rings. The van der Waals surface area contributed by atoms with Crippen LogP contribution in [0.2, 0.25) is 0 Å². The number of aryl methyl sites for hydroxylation is 1. The van der Waals surface area contributed by atoms with E-state index in [2.05, 4.69) is 55.2 Å². The Balaban J connectivity index is 1.51. The zero-order chi connectivity index (χ0) is 26.8. The predicted molar refractivity (Wildman–Crippen MR) is 151 cm³/mol. The van der Waals surface area contributed by atoms with E-state index >= 15 is 0 Å². The molecule has 0 radical (unpaired) electrons. The number of nitrogens with zero attached hydrogens (tertiary/aromatic N) is 3. The van der Waals surface area contributed by atoms with Gasteiger partial charge in [0.15, 0.2) is 0 Å². The van der Waals surface area contributed by atoms with Gasteiger partial charge in [-0.1, -0.05) is 30.3 Å². The lowest BCUT2D eigenvalue weighted by molar-refractivity contribution is -0.142. The van der Waals surface area contributed by atoms with Crippen LogP contribution in [0, 0.1) is 6.92 Å². The summed E-state index contributed by atoms with van der Waals surface area (Å²) in [6, 6.07) is 20.6. The van der Waals surface area contributed by atoms with Crippen molar-refractivity contribution in [3.05, 3.63) is 83.7 Å². The number of fused-ring (bicyclic) bond motifs is 2. The average Bonchev–Trinajstić information content (AvgIpc) is 3.27. The maximum absolute atomic E-state index is 12.1. The van der Waals surface area contributed by atoms with Crippen LogP contribution in [0.3, 0.4) is 0 Å². The Kier molecular flexibility index (Phi) is 7.01. The van der Waals surface area contributed by atoms with E-state index in [0.717, 1.165) is 49.6 Å². The lowest BCUT2D eigenvalue weighted by atomic mass is 10.00. The summed E-state index contributed by atoms with van der Waals surface area (Å²) in [5.74, 6) is 0.912. The van der Waals surface area contributed by atoms with Crippen molar-refractivity contribution in [3.63, 3.8) is 0 Å². The molecular weight excluding hydrogens is 476 g/mol. The molecule has 0 saturated heterocycles. The Morgan fingerprint density at radius 1 is 1.00 bits per heavy atom. The van der Waals surface area contributed by atoms with Gasteiger partial charge in [-0.05, 0) is 80.1 Å². The Morgan fingerprint density at radius 2 is 1.76 bits per heavy atom. The van der Waals surface area contributed by atoms with E-state index < -0.39 is 0 Å². The molecule has 5 aromatic rings. The van der Waals surface area contributed by atoms with E-state index in [1.807, 2.05) is 35.9 Å². The highest BCUT2D eigenvalue weighted by Gasteiger charge is 2.17. The van der Waals surface area contributed by atoms with Gasteiger partial charge in [-0.25, -0.2) is 4.98 Å². The lowest BCUT2D eigenvalue weighted by Crippen LogP contribution is -2.09. The third-order valence-electron chi connectivity index (χ3n) is 6.63. The third kappa shape index (κ3) is 5.05. The number of hydrogen-bond donors (Lipinski definition) is 1. The SMILES string of the molecule is CCOC(=O)Cc1ccc(C)cc1OCc1nn(C(C)C)c2ccc(-c3ccc4ccnc(N)c4c3)cc12. The number of ether oxygens (including phenoxy) is 2. The van der Waals surface area contributed by atoms with Crippen molar-refractivity contribution in [1.82, 2.24) is 14.8 Å². The highest BCUT2D eigenvalue weighted by atomic mass is 16.5. The van der Waals surface area contributed by atoms with Crippen LogP contribution >= 0.6 is 0 Å². The summed E-state index contributed by atoms with van der Waals surface area (Å²) < 4.78 is 13.5. The first-order valence-corrected chi connectivity index (χ1v) is 12.9. The van der Waals surface area contributed by atoms with Crippen molar-refractivity contribution >= 4 is 33.5 Å². The normalized spacial score (nSPS) is 11.4. The van der Waals surface area contributed by atoms with Gasteiger partial charge in [0.05, 0.1) is 18.5 Å². The second-order valence-corrected chi connectivity index (χ2v) is 9.73. The van der Waals surface area contributed by atoms with Crippen molar-refractivity contribution in [2.24, 2.45) is 0 Å². The fourth-order valence-corrected chi connectivity index (χ4v) is 4.71. The molecule has 38 heavy (non-hydrogen) atoms. The number of benzene rings is 3. The van der Waals surface area contributed by atoms with Crippen LogP contribution in [-0.2, 0) is 22.6 Å². The summed E-state index contributed by atoms with van der Waals surface area (Å²) >= 11 is 0. The van der Waals surface area contributed by atoms with Crippen molar-refractivity contribution in [1.29, 1.82) is 0 Å². The summed E-state index contributed by atoms with van der Waals surface area (Å²) in [7, 11) is 0. The van der Waals surface area contributed by atoms with E-state index in [9.17, 15) is 4.79 Å². The molecule has 3 aromatic carbocycles. The monoisotopic (exact) mass is 508 g/mol. The van der Waals surface area contributed by atoms with Crippen molar-refractivity contribution in [2.45, 2.75) is 46.8 Å². The molecule has 194 valence electrons. The molecule has 2 N–H and O–H groups in total. The summed E-state index contributed by atoms with van der Waals surface area (Å²) in [6.07, 6.45) is 1.89. The van der Waals surface area contributed by atoms with Crippen molar-refractivity contribution < 1.29 is 14.3 Å². The number of nitrogens with two attached hydrogens (primary N) is 1. The number of carbonyl (C=O) groups is 1. The number of carbonyl (C=O) groups excluding carboxylic acids is 1. The second kappa shape index (κ2) is 10.5. The Bertz CT molecular complexity index is 1640. The predicted octanol–water partition coefficient (Wildman–Crippen LogP) is 6.41. The topological polar surface area (TPSA) is 92.3 Å². The van der Waals surface area contributed by atoms with Crippen LogP contribution in [0.4, 0.5) is 5.82 Å². The van der Waals surface area contributed by atoms with Crippen LogP contribution in [-0.4, -0.2) is 27.3 Å². The molecule has 0 aliphatic heterocycles. The number of aromatic nitrogens is 3. The first-order chi connectivity index (χ1) is 18.3. The summed E-state index contributed by atoms with van der Waals surface area (Å²) in [5, 5.41) is 7.93. The summed E-state index contributed by atoms with van der Waals surface area (Å²) in [4.78, 5) is 16.4. The van der Waals surface area contributed by atoms with Crippen LogP contribution in [0.25, 0.3) is 32.8 Å². The van der Waals surface area contributed by atoms with E-state index in [4.69, 9.17) is 20.3 Å². The van der Waals surface area contributed by atoms with Gasteiger partial charge >= 0.3 is 5.97 Å². The second-order valence-electron chi connectivity index (χ2n) is 9.73. The van der Waals surface area contributed by atoms with Gasteiger partial charge in [0, 0.05) is 28.6 Å². The number of rotatable bonds is 8. The number of nitrogen functional groups attached to an aromatic ring is 1. The first-order valence-electron chi connectivity index (χ1n) is 12.9. The van der Waals surface area contributed by atoms with Gasteiger partial charge < -0.3 is 15.2 Å². The average molecular weight is 509 g/mol. The zero-order valence-corrected chi connectivity index (χ0v) is 22.2. The minimum atomic E-state index is -0.272. The molecule has 0 atom stereocenters. The van der Waals surface area contributed by atoms with E-state index in [0.29, 0.717) is 18.2 Å². The van der Waals surface area contributed by atoms with E-state index in [1.54, 1.807) is 13.1 Å². The highest BCUT2D eigenvalue weighted by molar-refractivity contribution is 5.95. The molecule has 7 heteroatoms. The molecule has 2 aromatic heterocycles. The molecule has 0 spiro atoms. The van der Waals surface area contributed by atoms with Gasteiger partial charge in [-0.2, -0.15) is 5.10 Å². The Hall–Kier alpha value is -4.39.